The van der Waals surface area contributed by atoms with Crippen molar-refractivity contribution in [3.8, 4) is 11.3 Å². The highest BCUT2D eigenvalue weighted by atomic mass is 16.6. The molecule has 9 nitrogen and oxygen atoms in total. The average molecular weight is 528 g/mol. The lowest BCUT2D eigenvalue weighted by atomic mass is 10.0. The number of carbonyl (C=O) groups excluding carboxylic acids is 1. The van der Waals surface area contributed by atoms with E-state index in [1.54, 1.807) is 4.90 Å². The minimum Gasteiger partial charge on any atom is -0.444 e. The molecule has 0 bridgehead atoms. The number of rotatable bonds is 7. The van der Waals surface area contributed by atoms with Crippen LogP contribution in [0, 0.1) is 0 Å². The first-order chi connectivity index (χ1) is 18.7. The molecule has 1 aromatic carbocycles. The summed E-state index contributed by atoms with van der Waals surface area (Å²) >= 11 is 0. The lowest BCUT2D eigenvalue weighted by Gasteiger charge is -2.29. The maximum atomic E-state index is 12.4. The van der Waals surface area contributed by atoms with Crippen LogP contribution in [0.25, 0.3) is 27.9 Å². The Labute approximate surface area is 229 Å². The first-order valence-electron chi connectivity index (χ1n) is 13.3. The SMILES string of the molecule is CN(C)CCn1cncc1-c1cccc(Nc2ccnc3[nH]c(C4=CCN(C(=O)OC(C)(C)C)CC4)cc23)c1. The van der Waals surface area contributed by atoms with Crippen LogP contribution in [-0.4, -0.2) is 74.7 Å². The van der Waals surface area contributed by atoms with Gasteiger partial charge in [0.1, 0.15) is 11.2 Å². The molecule has 4 aromatic rings. The maximum absolute atomic E-state index is 12.4. The van der Waals surface area contributed by atoms with E-state index in [4.69, 9.17) is 4.74 Å². The summed E-state index contributed by atoms with van der Waals surface area (Å²) in [5.74, 6) is 0. The van der Waals surface area contributed by atoms with Crippen LogP contribution in [0.3, 0.4) is 0 Å². The Morgan fingerprint density at radius 1 is 1.21 bits per heavy atom. The Hall–Kier alpha value is -4.11. The van der Waals surface area contributed by atoms with Crippen molar-refractivity contribution in [1.29, 1.82) is 0 Å². The average Bonchev–Trinajstić information content (AvgIpc) is 3.55. The molecule has 0 unspecified atom stereocenters. The van der Waals surface area contributed by atoms with Gasteiger partial charge >= 0.3 is 6.09 Å². The van der Waals surface area contributed by atoms with Crippen molar-refractivity contribution < 1.29 is 9.53 Å². The van der Waals surface area contributed by atoms with Crippen LogP contribution in [-0.2, 0) is 11.3 Å². The zero-order chi connectivity index (χ0) is 27.6. The zero-order valence-corrected chi connectivity index (χ0v) is 23.4. The standard InChI is InChI=1S/C30H37N7O2/c1-30(2,3)39-29(38)36-13-10-21(11-14-36)26-18-24-25(9-12-32-28(24)34-26)33-23-8-6-7-22(17-23)27-19-31-20-37(27)16-15-35(4)5/h6-10,12,17-20H,11,13-16H2,1-5H3,(H2,32,33,34). The normalized spacial score (nSPS) is 14.1. The van der Waals surface area contributed by atoms with Crippen molar-refractivity contribution in [2.24, 2.45) is 0 Å². The van der Waals surface area contributed by atoms with Crippen LogP contribution in [0.5, 0.6) is 0 Å². The first-order valence-corrected chi connectivity index (χ1v) is 13.3. The van der Waals surface area contributed by atoms with Gasteiger partial charge in [0.05, 0.1) is 23.9 Å². The van der Waals surface area contributed by atoms with Gasteiger partial charge in [0.2, 0.25) is 0 Å². The lowest BCUT2D eigenvalue weighted by molar-refractivity contribution is 0.0270. The molecule has 0 saturated heterocycles. The van der Waals surface area contributed by atoms with Crippen molar-refractivity contribution >= 4 is 34.1 Å². The summed E-state index contributed by atoms with van der Waals surface area (Å²) in [5.41, 5.74) is 6.69. The van der Waals surface area contributed by atoms with Gasteiger partial charge in [-0.15, -0.1) is 0 Å². The largest absolute Gasteiger partial charge is 0.444 e. The topological polar surface area (TPSA) is 91.3 Å². The van der Waals surface area contributed by atoms with Gasteiger partial charge in [-0.25, -0.2) is 14.8 Å². The molecule has 0 spiro atoms. The Morgan fingerprint density at radius 2 is 2.05 bits per heavy atom. The van der Waals surface area contributed by atoms with Crippen LogP contribution in [0.1, 0.15) is 32.9 Å². The van der Waals surface area contributed by atoms with Crippen LogP contribution in [0.15, 0.2) is 61.2 Å². The second kappa shape index (κ2) is 10.9. The molecule has 0 aliphatic carbocycles. The number of fused-ring (bicyclic) bond motifs is 1. The van der Waals surface area contributed by atoms with Crippen LogP contribution < -0.4 is 5.32 Å². The van der Waals surface area contributed by atoms with E-state index in [0.29, 0.717) is 13.1 Å². The summed E-state index contributed by atoms with van der Waals surface area (Å²) in [5, 5.41) is 4.61. The second-order valence-electron chi connectivity index (χ2n) is 11.2. The third kappa shape index (κ3) is 6.31. The molecule has 0 fully saturated rings. The molecule has 1 aliphatic rings. The molecule has 0 atom stereocenters. The Bertz CT molecular complexity index is 1490. The highest BCUT2D eigenvalue weighted by Crippen LogP contribution is 2.31. The number of H-pyrrole nitrogens is 1. The van der Waals surface area contributed by atoms with Crippen molar-refractivity contribution in [3.63, 3.8) is 0 Å². The van der Waals surface area contributed by atoms with E-state index in [9.17, 15) is 4.79 Å². The van der Waals surface area contributed by atoms with Crippen LogP contribution in [0.2, 0.25) is 0 Å². The van der Waals surface area contributed by atoms with Crippen LogP contribution in [0.4, 0.5) is 16.2 Å². The summed E-state index contributed by atoms with van der Waals surface area (Å²) in [6, 6.07) is 12.5. The summed E-state index contributed by atoms with van der Waals surface area (Å²) in [6.45, 7) is 8.62. The number of anilines is 2. The number of aromatic amines is 1. The number of aromatic nitrogens is 4. The summed E-state index contributed by atoms with van der Waals surface area (Å²) in [4.78, 5) is 28.8. The van der Waals surface area contributed by atoms with E-state index < -0.39 is 5.60 Å². The molecule has 9 heteroatoms. The number of benzene rings is 1. The van der Waals surface area contributed by atoms with Gasteiger partial charge in [-0.2, -0.15) is 0 Å². The first kappa shape index (κ1) is 26.5. The third-order valence-corrected chi connectivity index (χ3v) is 6.68. The van der Waals surface area contributed by atoms with E-state index in [2.05, 4.69) is 80.2 Å². The number of carbonyl (C=O) groups is 1. The monoisotopic (exact) mass is 527 g/mol. The molecule has 0 radical (unpaired) electrons. The molecule has 3 aromatic heterocycles. The number of amides is 1. The predicted octanol–water partition coefficient (Wildman–Crippen LogP) is 5.76. The number of ether oxygens (including phenoxy) is 1. The minimum absolute atomic E-state index is 0.273. The van der Waals surface area contributed by atoms with E-state index in [1.807, 2.05) is 45.6 Å². The van der Waals surface area contributed by atoms with Crippen molar-refractivity contribution in [2.45, 2.75) is 39.3 Å². The van der Waals surface area contributed by atoms with E-state index in [0.717, 1.165) is 58.9 Å². The fourth-order valence-corrected chi connectivity index (χ4v) is 4.67. The molecular formula is C30H37N7O2. The summed E-state index contributed by atoms with van der Waals surface area (Å²) in [7, 11) is 4.15. The molecule has 4 heterocycles. The quantitative estimate of drug-likeness (QED) is 0.318. The summed E-state index contributed by atoms with van der Waals surface area (Å²) in [6.07, 6.45) is 8.18. The Kier molecular flexibility index (Phi) is 7.43. The molecule has 0 saturated carbocycles. The molecule has 1 amide bonds. The van der Waals surface area contributed by atoms with E-state index in [1.165, 1.54) is 5.57 Å². The Balaban J connectivity index is 1.34. The number of imidazole rings is 1. The smallest absolute Gasteiger partial charge is 0.410 e. The number of pyridine rings is 1. The van der Waals surface area contributed by atoms with E-state index >= 15 is 0 Å². The molecule has 39 heavy (non-hydrogen) atoms. The summed E-state index contributed by atoms with van der Waals surface area (Å²) < 4.78 is 7.71. The highest BCUT2D eigenvalue weighted by Gasteiger charge is 2.24. The number of nitrogens with one attached hydrogen (secondary N) is 2. The fraction of sp³-hybridized carbons (Fsp3) is 0.367. The molecular weight excluding hydrogens is 490 g/mol. The predicted molar refractivity (Wildman–Crippen MR) is 156 cm³/mol. The van der Waals surface area contributed by atoms with Crippen molar-refractivity contribution in [1.82, 2.24) is 29.3 Å². The van der Waals surface area contributed by atoms with Gasteiger partial charge in [-0.1, -0.05) is 18.2 Å². The number of hydrogen-bond donors (Lipinski definition) is 2. The van der Waals surface area contributed by atoms with Crippen molar-refractivity contribution in [2.75, 3.05) is 39.0 Å². The molecule has 204 valence electrons. The number of nitrogens with zero attached hydrogens (tertiary/aromatic N) is 5. The second-order valence-corrected chi connectivity index (χ2v) is 11.2. The van der Waals surface area contributed by atoms with Crippen LogP contribution >= 0.6 is 0 Å². The molecule has 5 rings (SSSR count). The van der Waals surface area contributed by atoms with Crippen molar-refractivity contribution in [3.05, 3.63) is 66.9 Å². The highest BCUT2D eigenvalue weighted by molar-refractivity contribution is 5.94. The Morgan fingerprint density at radius 3 is 2.79 bits per heavy atom. The zero-order valence-electron chi connectivity index (χ0n) is 23.4. The van der Waals surface area contributed by atoms with Gasteiger partial charge < -0.3 is 29.4 Å². The van der Waals surface area contributed by atoms with Gasteiger partial charge in [0.15, 0.2) is 0 Å². The molecule has 1 aliphatic heterocycles. The van der Waals surface area contributed by atoms with E-state index in [-0.39, 0.29) is 6.09 Å². The minimum atomic E-state index is -0.500. The number of likely N-dealkylation sites (N-methyl/N-ethyl adjacent to an activating group) is 1. The lowest BCUT2D eigenvalue weighted by Crippen LogP contribution is -2.39. The number of hydrogen-bond acceptors (Lipinski definition) is 6. The van der Waals surface area contributed by atoms with Gasteiger partial charge in [0, 0.05) is 54.7 Å². The van der Waals surface area contributed by atoms with Gasteiger partial charge in [-0.05, 0) is 71.1 Å². The third-order valence-electron chi connectivity index (χ3n) is 6.68. The van der Waals surface area contributed by atoms with Gasteiger partial charge in [-0.3, -0.25) is 0 Å². The maximum Gasteiger partial charge on any atom is 0.410 e. The fourth-order valence-electron chi connectivity index (χ4n) is 4.67. The van der Waals surface area contributed by atoms with Gasteiger partial charge in [0.25, 0.3) is 0 Å². The molecule has 2 N–H and O–H groups in total.